The van der Waals surface area contributed by atoms with Gasteiger partial charge in [-0.05, 0) is 6.92 Å². The Labute approximate surface area is 86.0 Å². The van der Waals surface area contributed by atoms with Crippen LogP contribution in [0.5, 0.6) is 0 Å². The van der Waals surface area contributed by atoms with Gasteiger partial charge >= 0.3 is 5.97 Å². The van der Waals surface area contributed by atoms with Crippen LogP contribution >= 0.6 is 0 Å². The first-order chi connectivity index (χ1) is 7.06. The van der Waals surface area contributed by atoms with E-state index in [4.69, 9.17) is 5.73 Å². The molecule has 0 aliphatic heterocycles. The molecule has 0 aromatic carbocycles. The molecule has 1 unspecified atom stereocenters. The first-order valence-electron chi connectivity index (χ1n) is 4.23. The number of H-pyrrole nitrogens is 1. The third-order valence-electron chi connectivity index (χ3n) is 1.82. The molecule has 7 heteroatoms. The zero-order chi connectivity index (χ0) is 11.4. The molecule has 0 saturated heterocycles. The fourth-order valence-corrected chi connectivity index (χ4v) is 0.987. The minimum absolute atomic E-state index is 0.157. The Bertz CT molecular complexity index is 374. The molecule has 4 N–H and O–H groups in total. The first kappa shape index (κ1) is 11.0. The summed E-state index contributed by atoms with van der Waals surface area (Å²) in [5.41, 5.74) is 5.63. The molecular formula is C8H12N4O3. The zero-order valence-corrected chi connectivity index (χ0v) is 8.40. The smallest absolute Gasteiger partial charge is 0.328 e. The van der Waals surface area contributed by atoms with Gasteiger partial charge in [0.1, 0.15) is 17.4 Å². The number of hydrogen-bond donors (Lipinski definition) is 3. The Morgan fingerprint density at radius 2 is 2.33 bits per heavy atom. The summed E-state index contributed by atoms with van der Waals surface area (Å²) in [5.74, 6) is -0.839. The SMILES string of the molecule is COC(=O)C(C)NC(=O)c1cn[nH]c1N. The van der Waals surface area contributed by atoms with Crippen LogP contribution < -0.4 is 11.1 Å². The van der Waals surface area contributed by atoms with Crippen molar-refractivity contribution < 1.29 is 14.3 Å². The maximum atomic E-state index is 11.5. The van der Waals surface area contributed by atoms with Crippen molar-refractivity contribution in [2.75, 3.05) is 12.8 Å². The highest BCUT2D eigenvalue weighted by Crippen LogP contribution is 2.05. The van der Waals surface area contributed by atoms with Crippen molar-refractivity contribution in [3.05, 3.63) is 11.8 Å². The molecule has 0 fully saturated rings. The van der Waals surface area contributed by atoms with Crippen LogP contribution in [-0.4, -0.2) is 35.2 Å². The predicted molar refractivity (Wildman–Crippen MR) is 51.9 cm³/mol. The third-order valence-corrected chi connectivity index (χ3v) is 1.82. The Morgan fingerprint density at radius 1 is 1.67 bits per heavy atom. The molecule has 15 heavy (non-hydrogen) atoms. The topological polar surface area (TPSA) is 110 Å². The lowest BCUT2D eigenvalue weighted by molar-refractivity contribution is -0.142. The van der Waals surface area contributed by atoms with Gasteiger partial charge in [-0.15, -0.1) is 0 Å². The number of nitrogens with two attached hydrogens (primary N) is 1. The van der Waals surface area contributed by atoms with E-state index < -0.39 is 17.9 Å². The number of nitrogens with zero attached hydrogens (tertiary/aromatic N) is 1. The van der Waals surface area contributed by atoms with Crippen LogP contribution in [-0.2, 0) is 9.53 Å². The van der Waals surface area contributed by atoms with Crippen LogP contribution in [0.15, 0.2) is 6.20 Å². The molecule has 0 saturated carbocycles. The number of methoxy groups -OCH3 is 1. The number of aromatic nitrogens is 2. The molecule has 1 heterocycles. The molecule has 1 aromatic rings. The molecule has 1 atom stereocenters. The third kappa shape index (κ3) is 2.46. The number of esters is 1. The van der Waals surface area contributed by atoms with E-state index in [1.165, 1.54) is 20.2 Å². The van der Waals surface area contributed by atoms with Crippen molar-refractivity contribution in [1.82, 2.24) is 15.5 Å². The van der Waals surface area contributed by atoms with Crippen LogP contribution in [0.3, 0.4) is 0 Å². The molecule has 1 rings (SSSR count). The van der Waals surface area contributed by atoms with Gasteiger partial charge in [0.2, 0.25) is 0 Å². The van der Waals surface area contributed by atoms with E-state index in [1.54, 1.807) is 0 Å². The second-order valence-electron chi connectivity index (χ2n) is 2.92. The number of ether oxygens (including phenoxy) is 1. The highest BCUT2D eigenvalue weighted by molar-refractivity contribution is 5.99. The number of rotatable bonds is 3. The summed E-state index contributed by atoms with van der Waals surface area (Å²) in [6.07, 6.45) is 1.29. The van der Waals surface area contributed by atoms with Gasteiger partial charge in [0.05, 0.1) is 13.3 Å². The van der Waals surface area contributed by atoms with Gasteiger partial charge in [0.25, 0.3) is 5.91 Å². The maximum Gasteiger partial charge on any atom is 0.328 e. The Morgan fingerprint density at radius 3 is 2.80 bits per heavy atom. The Hall–Kier alpha value is -2.05. The fourth-order valence-electron chi connectivity index (χ4n) is 0.987. The van der Waals surface area contributed by atoms with Crippen molar-refractivity contribution in [2.45, 2.75) is 13.0 Å². The van der Waals surface area contributed by atoms with Gasteiger partial charge < -0.3 is 15.8 Å². The molecule has 1 amide bonds. The summed E-state index contributed by atoms with van der Waals surface area (Å²) in [5, 5.41) is 8.43. The minimum atomic E-state index is -0.725. The van der Waals surface area contributed by atoms with Crippen molar-refractivity contribution in [3.63, 3.8) is 0 Å². The average Bonchev–Trinajstić information content (AvgIpc) is 2.63. The quantitative estimate of drug-likeness (QED) is 0.573. The molecule has 0 aliphatic rings. The molecule has 0 radical (unpaired) electrons. The average molecular weight is 212 g/mol. The van der Waals surface area contributed by atoms with Gasteiger partial charge in [-0.25, -0.2) is 4.79 Å². The monoisotopic (exact) mass is 212 g/mol. The van der Waals surface area contributed by atoms with Crippen molar-refractivity contribution in [1.29, 1.82) is 0 Å². The summed E-state index contributed by atoms with van der Waals surface area (Å²) in [6, 6.07) is -0.725. The number of nitrogen functional groups attached to an aromatic ring is 1. The number of nitrogens with one attached hydrogen (secondary N) is 2. The number of anilines is 1. The first-order valence-corrected chi connectivity index (χ1v) is 4.23. The molecular weight excluding hydrogens is 200 g/mol. The number of amides is 1. The van der Waals surface area contributed by atoms with Crippen LogP contribution in [0.25, 0.3) is 0 Å². The van der Waals surface area contributed by atoms with E-state index in [2.05, 4.69) is 20.3 Å². The Balaban J connectivity index is 2.64. The second-order valence-corrected chi connectivity index (χ2v) is 2.92. The number of aromatic amines is 1. The normalized spacial score (nSPS) is 11.9. The van der Waals surface area contributed by atoms with E-state index in [0.29, 0.717) is 0 Å². The second kappa shape index (κ2) is 4.45. The molecule has 0 bridgehead atoms. The lowest BCUT2D eigenvalue weighted by atomic mass is 10.2. The number of carbonyl (C=O) groups is 2. The van der Waals surface area contributed by atoms with E-state index >= 15 is 0 Å². The lowest BCUT2D eigenvalue weighted by Crippen LogP contribution is -2.39. The highest BCUT2D eigenvalue weighted by atomic mass is 16.5. The number of hydrogen-bond acceptors (Lipinski definition) is 5. The highest BCUT2D eigenvalue weighted by Gasteiger charge is 2.18. The van der Waals surface area contributed by atoms with Crippen LogP contribution in [0.4, 0.5) is 5.82 Å². The molecule has 1 aromatic heterocycles. The van der Waals surface area contributed by atoms with Crippen LogP contribution in [0, 0.1) is 0 Å². The molecule has 82 valence electrons. The minimum Gasteiger partial charge on any atom is -0.467 e. The Kier molecular flexibility index (Phi) is 3.27. The summed E-state index contributed by atoms with van der Waals surface area (Å²) in [4.78, 5) is 22.5. The van der Waals surface area contributed by atoms with Crippen LogP contribution in [0.1, 0.15) is 17.3 Å². The summed E-state index contributed by atoms with van der Waals surface area (Å²) < 4.78 is 4.45. The van der Waals surface area contributed by atoms with E-state index in [-0.39, 0.29) is 11.4 Å². The lowest BCUT2D eigenvalue weighted by Gasteiger charge is -2.10. The number of carbonyl (C=O) groups excluding carboxylic acids is 2. The van der Waals surface area contributed by atoms with Gasteiger partial charge in [0, 0.05) is 0 Å². The summed E-state index contributed by atoms with van der Waals surface area (Å²) in [7, 11) is 1.25. The van der Waals surface area contributed by atoms with E-state index in [9.17, 15) is 9.59 Å². The standard InChI is InChI=1S/C8H12N4O3/c1-4(8(14)15-2)11-7(13)5-3-10-12-6(5)9/h3-4H,1-2H3,(H,11,13)(H3,9,10,12). The van der Waals surface area contributed by atoms with Gasteiger partial charge in [-0.1, -0.05) is 0 Å². The summed E-state index contributed by atoms with van der Waals surface area (Å²) in [6.45, 7) is 1.51. The van der Waals surface area contributed by atoms with E-state index in [0.717, 1.165) is 0 Å². The van der Waals surface area contributed by atoms with Gasteiger partial charge in [-0.3, -0.25) is 9.89 Å². The van der Waals surface area contributed by atoms with E-state index in [1.807, 2.05) is 0 Å². The maximum absolute atomic E-state index is 11.5. The molecule has 7 nitrogen and oxygen atoms in total. The zero-order valence-electron chi connectivity index (χ0n) is 8.40. The van der Waals surface area contributed by atoms with Crippen molar-refractivity contribution in [2.24, 2.45) is 0 Å². The van der Waals surface area contributed by atoms with Crippen molar-refractivity contribution in [3.8, 4) is 0 Å². The largest absolute Gasteiger partial charge is 0.467 e. The molecule has 0 aliphatic carbocycles. The van der Waals surface area contributed by atoms with Gasteiger partial charge in [0.15, 0.2) is 0 Å². The van der Waals surface area contributed by atoms with Crippen molar-refractivity contribution >= 4 is 17.7 Å². The summed E-state index contributed by atoms with van der Waals surface area (Å²) >= 11 is 0. The van der Waals surface area contributed by atoms with Crippen LogP contribution in [0.2, 0.25) is 0 Å². The molecule has 0 spiro atoms. The fraction of sp³-hybridized carbons (Fsp3) is 0.375. The predicted octanol–water partition coefficient (Wildman–Crippen LogP) is -0.717. The van der Waals surface area contributed by atoms with Gasteiger partial charge in [-0.2, -0.15) is 5.10 Å².